The van der Waals surface area contributed by atoms with Crippen molar-refractivity contribution in [1.82, 2.24) is 5.43 Å². The maximum Gasteiger partial charge on any atom is 0.311 e. The van der Waals surface area contributed by atoms with Crippen molar-refractivity contribution in [3.63, 3.8) is 0 Å². The number of nitro benzene ring substituents is 1. The van der Waals surface area contributed by atoms with Gasteiger partial charge in [-0.2, -0.15) is 5.10 Å². The molecule has 0 saturated heterocycles. The molecular formula is C17H17ClN4O5. The summed E-state index contributed by atoms with van der Waals surface area (Å²) in [7, 11) is 2.73. The van der Waals surface area contributed by atoms with Crippen LogP contribution >= 0.6 is 11.6 Å². The molecule has 0 unspecified atom stereocenters. The molecule has 0 heterocycles. The molecule has 0 aliphatic heterocycles. The predicted octanol–water partition coefficient (Wildman–Crippen LogP) is 2.83. The second-order valence-corrected chi connectivity index (χ2v) is 5.61. The summed E-state index contributed by atoms with van der Waals surface area (Å²) in [6.45, 7) is -0.0150. The molecule has 2 aromatic rings. The number of nitrogens with one attached hydrogen (secondary N) is 2. The van der Waals surface area contributed by atoms with Crippen LogP contribution in [0.15, 0.2) is 41.5 Å². The Bertz CT molecular complexity index is 855. The van der Waals surface area contributed by atoms with E-state index in [2.05, 4.69) is 15.8 Å². The number of rotatable bonds is 8. The second-order valence-electron chi connectivity index (χ2n) is 5.18. The van der Waals surface area contributed by atoms with E-state index in [1.165, 1.54) is 32.6 Å². The summed E-state index contributed by atoms with van der Waals surface area (Å²) in [5, 5.41) is 18.4. The average Bonchev–Trinajstić information content (AvgIpc) is 2.67. The number of nitrogens with zero attached hydrogens (tertiary/aromatic N) is 2. The molecule has 9 nitrogen and oxygen atoms in total. The highest BCUT2D eigenvalue weighted by Crippen LogP contribution is 2.33. The number of benzene rings is 2. The van der Waals surface area contributed by atoms with Crippen LogP contribution in [0.2, 0.25) is 5.02 Å². The van der Waals surface area contributed by atoms with Gasteiger partial charge in [0.1, 0.15) is 5.75 Å². The number of hydrazone groups is 1. The highest BCUT2D eigenvalue weighted by atomic mass is 35.5. The van der Waals surface area contributed by atoms with Crippen molar-refractivity contribution in [2.45, 2.75) is 0 Å². The zero-order valence-corrected chi connectivity index (χ0v) is 15.3. The maximum absolute atomic E-state index is 11.8. The zero-order valence-electron chi connectivity index (χ0n) is 14.6. The lowest BCUT2D eigenvalue weighted by Gasteiger charge is -2.08. The Hall–Kier alpha value is -3.33. The van der Waals surface area contributed by atoms with Crippen molar-refractivity contribution in [1.29, 1.82) is 0 Å². The van der Waals surface area contributed by atoms with Crippen LogP contribution in [0.4, 0.5) is 11.4 Å². The van der Waals surface area contributed by atoms with Crippen molar-refractivity contribution in [3.8, 4) is 11.5 Å². The van der Waals surface area contributed by atoms with Gasteiger partial charge in [-0.05, 0) is 24.3 Å². The molecule has 0 aliphatic rings. The summed E-state index contributed by atoms with van der Waals surface area (Å²) in [6, 6.07) is 9.49. The van der Waals surface area contributed by atoms with E-state index in [9.17, 15) is 14.9 Å². The van der Waals surface area contributed by atoms with Crippen LogP contribution in [0.25, 0.3) is 0 Å². The molecule has 0 bridgehead atoms. The second kappa shape index (κ2) is 9.39. The van der Waals surface area contributed by atoms with Crippen molar-refractivity contribution in [3.05, 3.63) is 57.1 Å². The highest BCUT2D eigenvalue weighted by Gasteiger charge is 2.18. The van der Waals surface area contributed by atoms with Crippen LogP contribution in [-0.4, -0.2) is 37.8 Å². The third-order valence-corrected chi connectivity index (χ3v) is 3.67. The van der Waals surface area contributed by atoms with E-state index < -0.39 is 10.8 Å². The molecule has 0 saturated carbocycles. The fraction of sp³-hybridized carbons (Fsp3) is 0.176. The van der Waals surface area contributed by atoms with E-state index in [4.69, 9.17) is 21.1 Å². The predicted molar refractivity (Wildman–Crippen MR) is 102 cm³/mol. The minimum Gasteiger partial charge on any atom is -0.496 e. The first-order valence-corrected chi connectivity index (χ1v) is 8.04. The lowest BCUT2D eigenvalue weighted by molar-refractivity contribution is -0.385. The molecule has 1 amide bonds. The van der Waals surface area contributed by atoms with Crippen LogP contribution in [0, 0.1) is 10.1 Å². The monoisotopic (exact) mass is 392 g/mol. The van der Waals surface area contributed by atoms with E-state index in [-0.39, 0.29) is 18.0 Å². The number of nitro groups is 1. The Morgan fingerprint density at radius 2 is 1.89 bits per heavy atom. The third kappa shape index (κ3) is 5.58. The molecule has 2 rings (SSSR count). The molecule has 0 aliphatic carbocycles. The van der Waals surface area contributed by atoms with Gasteiger partial charge < -0.3 is 14.8 Å². The van der Waals surface area contributed by atoms with Gasteiger partial charge >= 0.3 is 5.69 Å². The van der Waals surface area contributed by atoms with Gasteiger partial charge in [-0.15, -0.1) is 0 Å². The summed E-state index contributed by atoms with van der Waals surface area (Å²) in [6.07, 6.45) is 1.26. The summed E-state index contributed by atoms with van der Waals surface area (Å²) < 4.78 is 10.1. The number of hydrogen-bond acceptors (Lipinski definition) is 7. The fourth-order valence-corrected chi connectivity index (χ4v) is 2.24. The Morgan fingerprint density at radius 1 is 1.22 bits per heavy atom. The van der Waals surface area contributed by atoms with Gasteiger partial charge in [0.15, 0.2) is 0 Å². The number of ether oxygens (including phenoxy) is 2. The molecule has 27 heavy (non-hydrogen) atoms. The summed E-state index contributed by atoms with van der Waals surface area (Å²) >= 11 is 5.79. The third-order valence-electron chi connectivity index (χ3n) is 3.42. The number of halogens is 1. The van der Waals surface area contributed by atoms with Gasteiger partial charge in [-0.3, -0.25) is 14.9 Å². The fourth-order valence-electron chi connectivity index (χ4n) is 2.11. The largest absolute Gasteiger partial charge is 0.496 e. The first-order valence-electron chi connectivity index (χ1n) is 7.66. The van der Waals surface area contributed by atoms with Gasteiger partial charge in [-0.25, -0.2) is 5.43 Å². The van der Waals surface area contributed by atoms with Gasteiger partial charge in [-0.1, -0.05) is 11.6 Å². The molecule has 0 fully saturated rings. The molecule has 10 heteroatoms. The summed E-state index contributed by atoms with van der Waals surface area (Å²) in [5.41, 5.74) is 3.13. The Kier molecular flexibility index (Phi) is 6.95. The van der Waals surface area contributed by atoms with Gasteiger partial charge in [0, 0.05) is 28.4 Å². The molecule has 142 valence electrons. The smallest absolute Gasteiger partial charge is 0.311 e. The molecule has 0 spiro atoms. The molecule has 0 aromatic heterocycles. The first-order chi connectivity index (χ1) is 12.9. The Labute approximate surface area is 160 Å². The molecule has 0 atom stereocenters. The van der Waals surface area contributed by atoms with Crippen LogP contribution < -0.4 is 20.2 Å². The van der Waals surface area contributed by atoms with Crippen molar-refractivity contribution < 1.29 is 19.2 Å². The average molecular weight is 393 g/mol. The lowest BCUT2D eigenvalue weighted by atomic mass is 10.1. The Morgan fingerprint density at radius 3 is 2.48 bits per heavy atom. The van der Waals surface area contributed by atoms with Crippen LogP contribution in [0.3, 0.4) is 0 Å². The number of anilines is 1. The number of methoxy groups -OCH3 is 2. The molecular weight excluding hydrogens is 376 g/mol. The molecule has 2 N–H and O–H groups in total. The van der Waals surface area contributed by atoms with Crippen molar-refractivity contribution >= 4 is 35.1 Å². The summed E-state index contributed by atoms with van der Waals surface area (Å²) in [4.78, 5) is 22.4. The van der Waals surface area contributed by atoms with Gasteiger partial charge in [0.05, 0.1) is 31.9 Å². The van der Waals surface area contributed by atoms with E-state index in [0.717, 1.165) is 5.69 Å². The van der Waals surface area contributed by atoms with Crippen molar-refractivity contribution in [2.75, 3.05) is 26.1 Å². The SMILES string of the molecule is COc1cc(OC)c([N+](=O)[O-])cc1/C=N\NC(=O)CNc1ccc(Cl)cc1. The lowest BCUT2D eigenvalue weighted by Crippen LogP contribution is -2.25. The number of amides is 1. The molecule has 0 radical (unpaired) electrons. The number of hydrogen-bond donors (Lipinski definition) is 2. The van der Waals surface area contributed by atoms with E-state index in [1.807, 2.05) is 0 Å². The van der Waals surface area contributed by atoms with Gasteiger partial charge in [0.2, 0.25) is 5.75 Å². The van der Waals surface area contributed by atoms with E-state index in [1.54, 1.807) is 24.3 Å². The topological polar surface area (TPSA) is 115 Å². The summed E-state index contributed by atoms with van der Waals surface area (Å²) in [5.74, 6) is -0.0249. The van der Waals surface area contributed by atoms with Crippen molar-refractivity contribution in [2.24, 2.45) is 5.10 Å². The zero-order chi connectivity index (χ0) is 19.8. The number of carbonyl (C=O) groups excluding carboxylic acids is 1. The highest BCUT2D eigenvalue weighted by molar-refractivity contribution is 6.30. The Balaban J connectivity index is 2.02. The van der Waals surface area contributed by atoms with Crippen LogP contribution in [0.5, 0.6) is 11.5 Å². The standard InChI is InChI=1S/C17H17ClN4O5/c1-26-15-8-16(27-2)14(22(24)25)7-11(15)9-20-21-17(23)10-19-13-5-3-12(18)4-6-13/h3-9,19H,10H2,1-2H3,(H,21,23)/b20-9-. The van der Waals surface area contributed by atoms with Gasteiger partial charge in [0.25, 0.3) is 5.91 Å². The quantitative estimate of drug-likeness (QED) is 0.405. The normalized spacial score (nSPS) is 10.5. The maximum atomic E-state index is 11.8. The minimum absolute atomic E-state index is 0.0150. The van der Waals surface area contributed by atoms with E-state index >= 15 is 0 Å². The molecule has 2 aromatic carbocycles. The van der Waals surface area contributed by atoms with E-state index in [0.29, 0.717) is 16.3 Å². The first kappa shape index (κ1) is 20.0. The number of carbonyl (C=O) groups is 1. The van der Waals surface area contributed by atoms with Crippen LogP contribution in [0.1, 0.15) is 5.56 Å². The van der Waals surface area contributed by atoms with Crippen LogP contribution in [-0.2, 0) is 4.79 Å². The minimum atomic E-state index is -0.579.